The molecule has 2 atom stereocenters. The Balaban J connectivity index is 2.04. The van der Waals surface area contributed by atoms with E-state index in [1.807, 2.05) is 6.07 Å². The van der Waals surface area contributed by atoms with Crippen molar-refractivity contribution in [3.05, 3.63) is 18.1 Å². The summed E-state index contributed by atoms with van der Waals surface area (Å²) in [4.78, 5) is 7.51. The molecule has 0 saturated heterocycles. The van der Waals surface area contributed by atoms with E-state index < -0.39 is 12.3 Å². The van der Waals surface area contributed by atoms with Crippen LogP contribution in [0, 0.1) is 17.2 Å². The molecule has 0 radical (unpaired) electrons. The van der Waals surface area contributed by atoms with E-state index in [1.165, 1.54) is 12.5 Å². The molecular formula is C9H8F2N4. The molecule has 0 aromatic carbocycles. The molecule has 1 aromatic rings. The van der Waals surface area contributed by atoms with Crippen molar-refractivity contribution in [2.45, 2.75) is 18.9 Å². The third-order valence-corrected chi connectivity index (χ3v) is 2.32. The molecule has 1 aromatic heterocycles. The highest BCUT2D eigenvalue weighted by molar-refractivity contribution is 5.51. The van der Waals surface area contributed by atoms with Gasteiger partial charge in [0.15, 0.2) is 0 Å². The smallest absolute Gasteiger partial charge is 0.243 e. The zero-order valence-corrected chi connectivity index (χ0v) is 7.69. The molecule has 1 saturated carbocycles. The molecule has 0 bridgehead atoms. The van der Waals surface area contributed by atoms with Gasteiger partial charge in [0.1, 0.15) is 23.8 Å². The number of nitriles is 1. The highest BCUT2D eigenvalue weighted by Gasteiger charge is 2.44. The molecule has 0 aliphatic heterocycles. The summed E-state index contributed by atoms with van der Waals surface area (Å²) in [5, 5.41) is 11.5. The lowest BCUT2D eigenvalue weighted by Gasteiger charge is -2.05. The summed E-state index contributed by atoms with van der Waals surface area (Å²) in [7, 11) is 0. The standard InChI is InChI=1S/C9H8F2N4/c10-8(11)6-1-7(6)15-9-5(2-12)3-13-4-14-9/h3-4,6-8H,1H2,(H,13,14,15)/t6-,7+/m1/s1. The first-order chi connectivity index (χ1) is 7.22. The molecule has 2 rings (SSSR count). The quantitative estimate of drug-likeness (QED) is 0.819. The maximum Gasteiger partial charge on any atom is 0.243 e. The first kappa shape index (κ1) is 9.77. The van der Waals surface area contributed by atoms with Gasteiger partial charge in [-0.15, -0.1) is 0 Å². The predicted molar refractivity (Wildman–Crippen MR) is 48.3 cm³/mol. The van der Waals surface area contributed by atoms with Crippen LogP contribution in [0.1, 0.15) is 12.0 Å². The van der Waals surface area contributed by atoms with E-state index in [1.54, 1.807) is 0 Å². The number of aromatic nitrogens is 2. The van der Waals surface area contributed by atoms with Gasteiger partial charge in [-0.25, -0.2) is 18.7 Å². The Morgan fingerprint density at radius 3 is 3.00 bits per heavy atom. The minimum atomic E-state index is -2.31. The van der Waals surface area contributed by atoms with Gasteiger partial charge in [0.2, 0.25) is 6.43 Å². The van der Waals surface area contributed by atoms with Crippen molar-refractivity contribution < 1.29 is 8.78 Å². The van der Waals surface area contributed by atoms with E-state index in [0.29, 0.717) is 12.2 Å². The number of halogens is 2. The summed E-state index contributed by atoms with van der Waals surface area (Å²) >= 11 is 0. The van der Waals surface area contributed by atoms with Crippen molar-refractivity contribution in [3.8, 4) is 6.07 Å². The van der Waals surface area contributed by atoms with Crippen LogP contribution in [0.3, 0.4) is 0 Å². The van der Waals surface area contributed by atoms with Crippen molar-refractivity contribution in [3.63, 3.8) is 0 Å². The number of hydrogen-bond donors (Lipinski definition) is 1. The highest BCUT2D eigenvalue weighted by atomic mass is 19.3. The Morgan fingerprint density at radius 2 is 2.40 bits per heavy atom. The van der Waals surface area contributed by atoms with Gasteiger partial charge in [0.25, 0.3) is 0 Å². The minimum Gasteiger partial charge on any atom is -0.366 e. The number of hydrogen-bond acceptors (Lipinski definition) is 4. The summed E-state index contributed by atoms with van der Waals surface area (Å²) < 4.78 is 24.4. The number of nitrogens with one attached hydrogen (secondary N) is 1. The van der Waals surface area contributed by atoms with E-state index >= 15 is 0 Å². The van der Waals surface area contributed by atoms with Crippen LogP contribution >= 0.6 is 0 Å². The fourth-order valence-electron chi connectivity index (χ4n) is 1.36. The SMILES string of the molecule is N#Cc1cncnc1N[C@H]1C[C@H]1C(F)F. The summed E-state index contributed by atoms with van der Waals surface area (Å²) in [6, 6.07) is 1.63. The van der Waals surface area contributed by atoms with Crippen molar-refractivity contribution in [1.82, 2.24) is 9.97 Å². The second kappa shape index (κ2) is 3.77. The first-order valence-corrected chi connectivity index (χ1v) is 4.47. The van der Waals surface area contributed by atoms with E-state index in [2.05, 4.69) is 15.3 Å². The molecular weight excluding hydrogens is 202 g/mol. The van der Waals surface area contributed by atoms with Crippen LogP contribution in [0.25, 0.3) is 0 Å². The number of anilines is 1. The lowest BCUT2D eigenvalue weighted by atomic mass is 10.3. The summed E-state index contributed by atoms with van der Waals surface area (Å²) in [5.41, 5.74) is 0.275. The molecule has 15 heavy (non-hydrogen) atoms. The molecule has 0 spiro atoms. The van der Waals surface area contributed by atoms with E-state index in [4.69, 9.17) is 5.26 Å². The molecule has 1 fully saturated rings. The van der Waals surface area contributed by atoms with Crippen LogP contribution in [-0.2, 0) is 0 Å². The number of alkyl halides is 2. The van der Waals surface area contributed by atoms with E-state index in [9.17, 15) is 8.78 Å². The maximum atomic E-state index is 12.2. The van der Waals surface area contributed by atoms with Gasteiger partial charge >= 0.3 is 0 Å². The summed E-state index contributed by atoms with van der Waals surface area (Å²) in [6.07, 6.45) is 0.750. The van der Waals surface area contributed by atoms with Gasteiger partial charge in [0, 0.05) is 12.0 Å². The van der Waals surface area contributed by atoms with Gasteiger partial charge in [0.05, 0.1) is 6.20 Å². The van der Waals surface area contributed by atoms with Gasteiger partial charge in [-0.1, -0.05) is 0 Å². The lowest BCUT2D eigenvalue weighted by molar-refractivity contribution is 0.121. The first-order valence-electron chi connectivity index (χ1n) is 4.47. The molecule has 1 N–H and O–H groups in total. The predicted octanol–water partition coefficient (Wildman–Crippen LogP) is 1.41. The Kier molecular flexibility index (Phi) is 2.46. The lowest BCUT2D eigenvalue weighted by Crippen LogP contribution is -2.11. The van der Waals surface area contributed by atoms with E-state index in [0.717, 1.165) is 0 Å². The van der Waals surface area contributed by atoms with Crippen LogP contribution in [0.5, 0.6) is 0 Å². The minimum absolute atomic E-state index is 0.271. The van der Waals surface area contributed by atoms with Crippen LogP contribution < -0.4 is 5.32 Å². The summed E-state index contributed by atoms with van der Waals surface area (Å²) in [6.45, 7) is 0. The van der Waals surface area contributed by atoms with Gasteiger partial charge in [-0.05, 0) is 6.42 Å². The molecule has 78 valence electrons. The Morgan fingerprint density at radius 1 is 1.60 bits per heavy atom. The molecule has 6 heteroatoms. The van der Waals surface area contributed by atoms with Crippen LogP contribution in [0.15, 0.2) is 12.5 Å². The van der Waals surface area contributed by atoms with Crippen LogP contribution in [0.2, 0.25) is 0 Å². The maximum absolute atomic E-state index is 12.2. The molecule has 1 aliphatic carbocycles. The average Bonchev–Trinajstić information content (AvgIpc) is 2.98. The Labute approximate surface area is 85.0 Å². The fraction of sp³-hybridized carbons (Fsp3) is 0.444. The Hall–Kier alpha value is -1.77. The highest BCUT2D eigenvalue weighted by Crippen LogP contribution is 2.38. The summed E-state index contributed by atoms with van der Waals surface area (Å²) in [5.74, 6) is -0.285. The largest absolute Gasteiger partial charge is 0.366 e. The number of rotatable bonds is 3. The van der Waals surface area contributed by atoms with Crippen molar-refractivity contribution in [2.75, 3.05) is 5.32 Å². The molecule has 1 heterocycles. The van der Waals surface area contributed by atoms with Gasteiger partial charge < -0.3 is 5.32 Å². The zero-order chi connectivity index (χ0) is 10.8. The van der Waals surface area contributed by atoms with Crippen molar-refractivity contribution in [1.29, 1.82) is 5.26 Å². The zero-order valence-electron chi connectivity index (χ0n) is 7.69. The van der Waals surface area contributed by atoms with Crippen LogP contribution in [-0.4, -0.2) is 22.4 Å². The molecule has 4 nitrogen and oxygen atoms in total. The molecule has 1 aliphatic rings. The van der Waals surface area contributed by atoms with Crippen molar-refractivity contribution >= 4 is 5.82 Å². The number of nitrogens with zero attached hydrogens (tertiary/aromatic N) is 3. The topological polar surface area (TPSA) is 61.6 Å². The van der Waals surface area contributed by atoms with Gasteiger partial charge in [-0.2, -0.15) is 5.26 Å². The third-order valence-electron chi connectivity index (χ3n) is 2.32. The molecule has 0 amide bonds. The second-order valence-electron chi connectivity index (χ2n) is 3.38. The third kappa shape index (κ3) is 2.01. The monoisotopic (exact) mass is 210 g/mol. The Bertz CT molecular complexity index is 401. The van der Waals surface area contributed by atoms with E-state index in [-0.39, 0.29) is 11.6 Å². The average molecular weight is 210 g/mol. The normalized spacial score (nSPS) is 23.6. The van der Waals surface area contributed by atoms with Crippen molar-refractivity contribution in [2.24, 2.45) is 5.92 Å². The second-order valence-corrected chi connectivity index (χ2v) is 3.38. The molecule has 0 unspecified atom stereocenters. The fourth-order valence-corrected chi connectivity index (χ4v) is 1.36. The van der Waals surface area contributed by atoms with Gasteiger partial charge in [-0.3, -0.25) is 0 Å². The van der Waals surface area contributed by atoms with Crippen LogP contribution in [0.4, 0.5) is 14.6 Å².